The Morgan fingerprint density at radius 3 is 2.23 bits per heavy atom. The number of phosphoric acid groups is 1. The molecule has 0 bridgehead atoms. The molecule has 0 radical (unpaired) electrons. The summed E-state index contributed by atoms with van der Waals surface area (Å²) in [5.41, 5.74) is 3.95. The van der Waals surface area contributed by atoms with E-state index >= 15 is 0 Å². The summed E-state index contributed by atoms with van der Waals surface area (Å²) in [6.45, 7) is 2.97. The minimum absolute atomic E-state index is 0.0498. The molecule has 210 valence electrons. The lowest BCUT2D eigenvalue weighted by Gasteiger charge is -2.21. The van der Waals surface area contributed by atoms with Crippen molar-refractivity contribution >= 4 is 24.9 Å². The Morgan fingerprint density at radius 1 is 1.05 bits per heavy atom. The van der Waals surface area contributed by atoms with Crippen molar-refractivity contribution in [2.45, 2.75) is 31.1 Å². The lowest BCUT2D eigenvalue weighted by Crippen LogP contribution is -2.36. The number of imidazole rings is 1. The van der Waals surface area contributed by atoms with E-state index in [1.165, 1.54) is 6.08 Å². The van der Waals surface area contributed by atoms with Crippen LogP contribution in [0.25, 0.3) is 11.2 Å². The van der Waals surface area contributed by atoms with Gasteiger partial charge in [-0.25, -0.2) is 13.9 Å². The van der Waals surface area contributed by atoms with Crippen molar-refractivity contribution in [1.82, 2.24) is 19.1 Å². The number of aromatic nitrogens is 4. The van der Waals surface area contributed by atoms with E-state index in [1.807, 2.05) is 0 Å². The molecule has 1 aliphatic heterocycles. The maximum Gasteiger partial charge on any atom is 0.587 e. The number of para-hydroxylation sites is 2. The summed E-state index contributed by atoms with van der Waals surface area (Å²) in [6.07, 6.45) is -4.66. The van der Waals surface area contributed by atoms with Gasteiger partial charge in [0.2, 0.25) is 5.95 Å². The van der Waals surface area contributed by atoms with E-state index in [4.69, 9.17) is 24.0 Å². The Balaban J connectivity index is 1.43. The molecule has 3 heterocycles. The van der Waals surface area contributed by atoms with Gasteiger partial charge < -0.3 is 29.7 Å². The van der Waals surface area contributed by atoms with Crippen LogP contribution in [0.2, 0.25) is 0 Å². The molecule has 2 aromatic heterocycles. The highest BCUT2D eigenvalue weighted by Crippen LogP contribution is 2.50. The summed E-state index contributed by atoms with van der Waals surface area (Å²) >= 11 is 0. The molecular formula is C25H26N5O9P. The van der Waals surface area contributed by atoms with Gasteiger partial charge in [-0.3, -0.25) is 18.9 Å². The van der Waals surface area contributed by atoms with E-state index in [2.05, 4.69) is 16.5 Å². The Morgan fingerprint density at radius 2 is 1.65 bits per heavy atom. The number of hydrogen-bond acceptors (Lipinski definition) is 11. The van der Waals surface area contributed by atoms with Crippen LogP contribution < -0.4 is 26.0 Å². The predicted octanol–water partition coefficient (Wildman–Crippen LogP) is 1.56. The van der Waals surface area contributed by atoms with Crippen LogP contribution in [0.4, 0.5) is 5.95 Å². The summed E-state index contributed by atoms with van der Waals surface area (Å²) in [4.78, 5) is 32.2. The lowest BCUT2D eigenvalue weighted by molar-refractivity contribution is -0.0515. The molecule has 0 aliphatic carbocycles. The molecule has 0 amide bonds. The molecule has 4 aromatic rings. The maximum atomic E-state index is 13.6. The molecule has 14 nitrogen and oxygen atoms in total. The normalized spacial score (nSPS) is 20.9. The van der Waals surface area contributed by atoms with Crippen molar-refractivity contribution in [1.29, 1.82) is 0 Å². The molecule has 4 atom stereocenters. The number of aliphatic hydroxyl groups excluding tert-OH is 2. The van der Waals surface area contributed by atoms with Gasteiger partial charge in [0.05, 0.1) is 6.61 Å². The first-order valence-corrected chi connectivity index (χ1v) is 13.5. The van der Waals surface area contributed by atoms with Crippen LogP contribution in [-0.2, 0) is 20.4 Å². The first-order valence-electron chi connectivity index (χ1n) is 12.1. The number of ether oxygens (including phenoxy) is 1. The molecule has 5 rings (SSSR count). The summed E-state index contributed by atoms with van der Waals surface area (Å²) in [5.74, 6) is 0.123. The molecule has 1 saturated heterocycles. The fraction of sp³-hybridized carbons (Fsp3) is 0.240. The van der Waals surface area contributed by atoms with Crippen LogP contribution in [0.5, 0.6) is 11.5 Å². The SMILES string of the molecule is C=CCn1c(=O)n([C@@H]2O[C@H](COP(=O)(Oc3ccccc3)Oc3ccccc3)[C@@H](O)[C@H]2O)c2nc(N)[nH]c(=O)c21. The lowest BCUT2D eigenvalue weighted by atomic mass is 10.1. The smallest absolute Gasteiger partial charge is 0.395 e. The summed E-state index contributed by atoms with van der Waals surface area (Å²) in [5, 5.41) is 21.6. The minimum atomic E-state index is -4.35. The first-order chi connectivity index (χ1) is 19.2. The number of aliphatic hydroxyl groups is 2. The van der Waals surface area contributed by atoms with Crippen molar-refractivity contribution in [3.05, 3.63) is 94.2 Å². The van der Waals surface area contributed by atoms with E-state index in [1.54, 1.807) is 60.7 Å². The number of H-pyrrole nitrogens is 1. The van der Waals surface area contributed by atoms with Crippen molar-refractivity contribution in [3.63, 3.8) is 0 Å². The monoisotopic (exact) mass is 571 g/mol. The van der Waals surface area contributed by atoms with E-state index in [0.717, 1.165) is 9.13 Å². The Labute approximate surface area is 226 Å². The average molecular weight is 571 g/mol. The van der Waals surface area contributed by atoms with Gasteiger partial charge >= 0.3 is 13.5 Å². The first kappa shape index (κ1) is 27.4. The average Bonchev–Trinajstić information content (AvgIpc) is 3.36. The molecule has 1 fully saturated rings. The van der Waals surface area contributed by atoms with Gasteiger partial charge in [-0.1, -0.05) is 42.5 Å². The second-order valence-corrected chi connectivity index (χ2v) is 10.3. The number of aromatic amines is 1. The predicted molar refractivity (Wildman–Crippen MR) is 143 cm³/mol. The Kier molecular flexibility index (Phi) is 7.61. The largest absolute Gasteiger partial charge is 0.587 e. The highest BCUT2D eigenvalue weighted by molar-refractivity contribution is 7.49. The van der Waals surface area contributed by atoms with E-state index in [-0.39, 0.29) is 35.2 Å². The number of hydrogen-bond donors (Lipinski definition) is 4. The third-order valence-corrected chi connectivity index (χ3v) is 7.39. The number of phosphoric ester groups is 1. The number of nitrogens with two attached hydrogens (primary N) is 1. The van der Waals surface area contributed by atoms with E-state index in [0.29, 0.717) is 0 Å². The zero-order valence-corrected chi connectivity index (χ0v) is 21.8. The molecule has 5 N–H and O–H groups in total. The van der Waals surface area contributed by atoms with Crippen molar-refractivity contribution in [2.75, 3.05) is 12.3 Å². The summed E-state index contributed by atoms with van der Waals surface area (Å²) in [7, 11) is -4.35. The fourth-order valence-corrected chi connectivity index (χ4v) is 5.50. The van der Waals surface area contributed by atoms with E-state index in [9.17, 15) is 24.4 Å². The standard InChI is InChI=1S/C25H26N5O9P/c1-2-13-29-18-21(27-24(26)28-22(18)33)30(25(29)34)23-20(32)19(31)17(37-23)14-36-40(35,38-15-9-5-3-6-10-15)39-16-11-7-4-8-12-16/h2-12,17,19-20,23,31-32H,1,13-14H2,(H3,26,27,28,33)/t17-,19-,20-,23-/m1/s1. The fourth-order valence-electron chi connectivity index (χ4n) is 4.26. The number of fused-ring (bicyclic) bond motifs is 1. The van der Waals surface area contributed by atoms with Crippen LogP contribution in [0, 0.1) is 0 Å². The number of allylic oxidation sites excluding steroid dienone is 1. The van der Waals surface area contributed by atoms with Crippen LogP contribution in [-0.4, -0.2) is 54.2 Å². The van der Waals surface area contributed by atoms with Crippen molar-refractivity contribution in [3.8, 4) is 11.5 Å². The molecule has 0 spiro atoms. The van der Waals surface area contributed by atoms with Gasteiger partial charge in [0.25, 0.3) is 5.56 Å². The molecule has 0 saturated carbocycles. The molecule has 0 unspecified atom stereocenters. The highest BCUT2D eigenvalue weighted by Gasteiger charge is 2.47. The second-order valence-electron chi connectivity index (χ2n) is 8.77. The van der Waals surface area contributed by atoms with Gasteiger partial charge in [-0.15, -0.1) is 6.58 Å². The third-order valence-electron chi connectivity index (χ3n) is 6.05. The number of anilines is 1. The second kappa shape index (κ2) is 11.1. The van der Waals surface area contributed by atoms with Gasteiger partial charge in [-0.05, 0) is 24.3 Å². The molecule has 1 aliphatic rings. The van der Waals surface area contributed by atoms with Crippen molar-refractivity contribution < 1.29 is 33.1 Å². The highest BCUT2D eigenvalue weighted by atomic mass is 31.2. The van der Waals surface area contributed by atoms with E-state index < -0.39 is 50.2 Å². The Bertz CT molecular complexity index is 1630. The van der Waals surface area contributed by atoms with Crippen LogP contribution in [0.1, 0.15) is 6.23 Å². The number of nitrogens with zero attached hydrogens (tertiary/aromatic N) is 3. The van der Waals surface area contributed by atoms with Gasteiger partial charge in [0.15, 0.2) is 17.4 Å². The van der Waals surface area contributed by atoms with Crippen LogP contribution in [0.15, 0.2) is 82.9 Å². The van der Waals surface area contributed by atoms with Gasteiger partial charge in [0.1, 0.15) is 29.8 Å². The third kappa shape index (κ3) is 5.30. The molecule has 40 heavy (non-hydrogen) atoms. The van der Waals surface area contributed by atoms with Gasteiger partial charge in [0, 0.05) is 6.54 Å². The minimum Gasteiger partial charge on any atom is -0.395 e. The zero-order valence-electron chi connectivity index (χ0n) is 20.9. The Hall–Kier alpha value is -4.20. The zero-order chi connectivity index (χ0) is 28.4. The summed E-state index contributed by atoms with van der Waals surface area (Å²) < 4.78 is 38.1. The van der Waals surface area contributed by atoms with Crippen LogP contribution >= 0.6 is 7.82 Å². The summed E-state index contributed by atoms with van der Waals surface area (Å²) in [6, 6.07) is 16.4. The maximum absolute atomic E-state index is 13.6. The van der Waals surface area contributed by atoms with Gasteiger partial charge in [-0.2, -0.15) is 4.98 Å². The topological polar surface area (TPSA) is 193 Å². The van der Waals surface area contributed by atoms with Crippen LogP contribution in [0.3, 0.4) is 0 Å². The quantitative estimate of drug-likeness (QED) is 0.159. The molecule has 15 heteroatoms. The van der Waals surface area contributed by atoms with Crippen molar-refractivity contribution in [2.24, 2.45) is 0 Å². The molecule has 2 aromatic carbocycles. The number of nitrogens with one attached hydrogen (secondary N) is 1. The number of rotatable bonds is 10. The molecular weight excluding hydrogens is 545 g/mol. The number of benzene rings is 2. The number of nitrogen functional groups attached to an aromatic ring is 1.